The summed E-state index contributed by atoms with van der Waals surface area (Å²) in [7, 11) is 0. The molecule has 0 aliphatic heterocycles. The van der Waals surface area contributed by atoms with Gasteiger partial charge in [-0.2, -0.15) is 9.78 Å². The number of benzene rings is 3. The van der Waals surface area contributed by atoms with Crippen LogP contribution in [-0.4, -0.2) is 15.7 Å². The minimum absolute atomic E-state index is 0.161. The number of hydrogen-bond acceptors (Lipinski definition) is 3. The molecular weight excluding hydrogens is 417 g/mol. The molecule has 4 rings (SSSR count). The van der Waals surface area contributed by atoms with Gasteiger partial charge in [0.2, 0.25) is 11.8 Å². The van der Waals surface area contributed by atoms with Crippen molar-refractivity contribution in [1.29, 1.82) is 0 Å². The van der Waals surface area contributed by atoms with Crippen molar-refractivity contribution in [3.63, 3.8) is 0 Å². The van der Waals surface area contributed by atoms with E-state index in [0.717, 1.165) is 33.8 Å². The van der Waals surface area contributed by atoms with Gasteiger partial charge in [0.25, 0.3) is 0 Å². The molecule has 6 heteroatoms. The van der Waals surface area contributed by atoms with Crippen LogP contribution in [0.4, 0.5) is 10.1 Å². The van der Waals surface area contributed by atoms with Gasteiger partial charge >= 0.3 is 0 Å². The molecule has 1 aromatic heterocycles. The Balaban J connectivity index is 1.64. The lowest BCUT2D eigenvalue weighted by atomic mass is 10.1. The van der Waals surface area contributed by atoms with E-state index in [1.165, 1.54) is 12.1 Å². The largest absolute Gasteiger partial charge is 0.438 e. The van der Waals surface area contributed by atoms with Crippen molar-refractivity contribution in [1.82, 2.24) is 9.78 Å². The zero-order valence-corrected chi connectivity index (χ0v) is 18.9. The first-order chi connectivity index (χ1) is 15.9. The highest BCUT2D eigenvalue weighted by Crippen LogP contribution is 2.33. The van der Waals surface area contributed by atoms with E-state index in [1.54, 1.807) is 12.1 Å². The number of para-hydroxylation sites is 2. The fourth-order valence-electron chi connectivity index (χ4n) is 3.67. The predicted molar refractivity (Wildman–Crippen MR) is 128 cm³/mol. The van der Waals surface area contributed by atoms with Gasteiger partial charge in [-0.3, -0.25) is 4.79 Å². The lowest BCUT2D eigenvalue weighted by Gasteiger charge is -2.14. The van der Waals surface area contributed by atoms with Crippen molar-refractivity contribution in [2.24, 2.45) is 0 Å². The third-order valence-electron chi connectivity index (χ3n) is 5.51. The molecule has 3 aromatic carbocycles. The minimum atomic E-state index is -0.342. The van der Waals surface area contributed by atoms with Crippen LogP contribution in [0.5, 0.6) is 11.6 Å². The Hall–Kier alpha value is -3.93. The second-order valence-electron chi connectivity index (χ2n) is 7.99. The number of hydrogen-bond donors (Lipinski definition) is 1. The Morgan fingerprint density at radius 2 is 1.61 bits per heavy atom. The zero-order valence-electron chi connectivity index (χ0n) is 18.9. The summed E-state index contributed by atoms with van der Waals surface area (Å²) >= 11 is 0. The molecule has 0 aliphatic carbocycles. The SMILES string of the molecule is Cc1ccccc1Oc1c(CCC(=O)Nc2ccc(F)cc2)c(C)nn1-c1ccccc1C. The van der Waals surface area contributed by atoms with Crippen molar-refractivity contribution >= 4 is 11.6 Å². The van der Waals surface area contributed by atoms with E-state index >= 15 is 0 Å². The van der Waals surface area contributed by atoms with Gasteiger partial charge in [-0.05, 0) is 74.7 Å². The van der Waals surface area contributed by atoms with Gasteiger partial charge in [0.15, 0.2) is 0 Å². The maximum absolute atomic E-state index is 13.1. The van der Waals surface area contributed by atoms with E-state index in [9.17, 15) is 9.18 Å². The van der Waals surface area contributed by atoms with Crippen molar-refractivity contribution in [3.8, 4) is 17.3 Å². The number of aryl methyl sites for hydroxylation is 3. The average molecular weight is 444 g/mol. The molecule has 5 nitrogen and oxygen atoms in total. The normalized spacial score (nSPS) is 10.8. The van der Waals surface area contributed by atoms with Crippen molar-refractivity contribution < 1.29 is 13.9 Å². The lowest BCUT2D eigenvalue weighted by Crippen LogP contribution is -2.12. The van der Waals surface area contributed by atoms with Gasteiger partial charge in [0.05, 0.1) is 11.4 Å². The zero-order chi connectivity index (χ0) is 23.4. The van der Waals surface area contributed by atoms with Crippen LogP contribution in [0.1, 0.15) is 28.8 Å². The van der Waals surface area contributed by atoms with Crippen molar-refractivity contribution in [2.75, 3.05) is 5.32 Å². The van der Waals surface area contributed by atoms with E-state index in [2.05, 4.69) is 5.32 Å². The van der Waals surface area contributed by atoms with Gasteiger partial charge in [-0.25, -0.2) is 4.39 Å². The van der Waals surface area contributed by atoms with Crippen LogP contribution in [0.15, 0.2) is 72.8 Å². The molecule has 168 valence electrons. The number of ether oxygens (including phenoxy) is 1. The summed E-state index contributed by atoms with van der Waals surface area (Å²) in [6.07, 6.45) is 0.688. The molecule has 33 heavy (non-hydrogen) atoms. The Morgan fingerprint density at radius 1 is 0.939 bits per heavy atom. The van der Waals surface area contributed by atoms with E-state index < -0.39 is 0 Å². The molecular formula is C27H26FN3O2. The molecule has 4 aromatic rings. The minimum Gasteiger partial charge on any atom is -0.438 e. The highest BCUT2D eigenvalue weighted by atomic mass is 19.1. The Kier molecular flexibility index (Phi) is 6.54. The quantitative estimate of drug-likeness (QED) is 0.365. The molecule has 0 bridgehead atoms. The third-order valence-corrected chi connectivity index (χ3v) is 5.51. The second-order valence-corrected chi connectivity index (χ2v) is 7.99. The number of carbonyl (C=O) groups is 1. The topological polar surface area (TPSA) is 56.1 Å². The number of halogens is 1. The van der Waals surface area contributed by atoms with E-state index in [4.69, 9.17) is 9.84 Å². The summed E-state index contributed by atoms with van der Waals surface area (Å²) < 4.78 is 21.3. The summed E-state index contributed by atoms with van der Waals surface area (Å²) in [5.74, 6) is 0.840. The summed E-state index contributed by atoms with van der Waals surface area (Å²) in [5, 5.41) is 7.57. The maximum Gasteiger partial charge on any atom is 0.226 e. The first-order valence-electron chi connectivity index (χ1n) is 10.9. The molecule has 0 radical (unpaired) electrons. The van der Waals surface area contributed by atoms with Crippen LogP contribution >= 0.6 is 0 Å². The molecule has 0 atom stereocenters. The van der Waals surface area contributed by atoms with Gasteiger partial charge in [-0.1, -0.05) is 36.4 Å². The number of carbonyl (C=O) groups excluding carboxylic acids is 1. The molecule has 1 amide bonds. The Morgan fingerprint density at radius 3 is 2.30 bits per heavy atom. The molecule has 0 aliphatic rings. The molecule has 1 N–H and O–H groups in total. The third kappa shape index (κ3) is 5.12. The molecule has 0 saturated heterocycles. The number of rotatable bonds is 7. The van der Waals surface area contributed by atoms with E-state index in [-0.39, 0.29) is 18.1 Å². The summed E-state index contributed by atoms with van der Waals surface area (Å²) in [4.78, 5) is 12.6. The number of nitrogens with one attached hydrogen (secondary N) is 1. The van der Waals surface area contributed by atoms with Crippen LogP contribution in [0, 0.1) is 26.6 Å². The Bertz CT molecular complexity index is 1280. The van der Waals surface area contributed by atoms with Gasteiger partial charge in [0.1, 0.15) is 11.6 Å². The molecule has 1 heterocycles. The molecule has 0 spiro atoms. The highest BCUT2D eigenvalue weighted by molar-refractivity contribution is 5.90. The van der Waals surface area contributed by atoms with Crippen LogP contribution in [0.2, 0.25) is 0 Å². The fraction of sp³-hybridized carbons (Fsp3) is 0.185. The summed E-state index contributed by atoms with van der Waals surface area (Å²) in [6.45, 7) is 5.94. The summed E-state index contributed by atoms with van der Waals surface area (Å²) in [5.41, 5.74) is 5.23. The first-order valence-corrected chi connectivity index (χ1v) is 10.9. The number of nitrogens with zero attached hydrogens (tertiary/aromatic N) is 2. The van der Waals surface area contributed by atoms with E-state index in [0.29, 0.717) is 18.0 Å². The fourth-order valence-corrected chi connectivity index (χ4v) is 3.67. The number of amides is 1. The van der Waals surface area contributed by atoms with Crippen LogP contribution < -0.4 is 10.1 Å². The lowest BCUT2D eigenvalue weighted by molar-refractivity contribution is -0.116. The van der Waals surface area contributed by atoms with Crippen molar-refractivity contribution in [2.45, 2.75) is 33.6 Å². The standard InChI is InChI=1S/C27H26FN3O2/c1-18-8-4-6-10-24(18)31-27(33-25-11-7-5-9-19(25)2)23(20(3)30-31)16-17-26(32)29-22-14-12-21(28)13-15-22/h4-15H,16-17H2,1-3H3,(H,29,32). The smallest absolute Gasteiger partial charge is 0.226 e. The van der Waals surface area contributed by atoms with Crippen molar-refractivity contribution in [3.05, 3.63) is 101 Å². The van der Waals surface area contributed by atoms with Gasteiger partial charge in [-0.15, -0.1) is 0 Å². The highest BCUT2D eigenvalue weighted by Gasteiger charge is 2.21. The number of aromatic nitrogens is 2. The molecule has 0 fully saturated rings. The van der Waals surface area contributed by atoms with Gasteiger partial charge in [0, 0.05) is 17.7 Å². The average Bonchev–Trinajstić information content (AvgIpc) is 3.10. The van der Waals surface area contributed by atoms with Crippen LogP contribution in [0.25, 0.3) is 5.69 Å². The molecule has 0 unspecified atom stereocenters. The first kappa shape index (κ1) is 22.3. The predicted octanol–water partition coefficient (Wildman–Crippen LogP) is 6.30. The monoisotopic (exact) mass is 443 g/mol. The molecule has 0 saturated carbocycles. The summed E-state index contributed by atoms with van der Waals surface area (Å²) in [6, 6.07) is 21.5. The van der Waals surface area contributed by atoms with Crippen LogP contribution in [-0.2, 0) is 11.2 Å². The maximum atomic E-state index is 13.1. The van der Waals surface area contributed by atoms with Gasteiger partial charge < -0.3 is 10.1 Å². The Labute approximate surface area is 192 Å². The number of anilines is 1. The second kappa shape index (κ2) is 9.69. The van der Waals surface area contributed by atoms with Crippen LogP contribution in [0.3, 0.4) is 0 Å². The van der Waals surface area contributed by atoms with E-state index in [1.807, 2.05) is 74.0 Å².